The SMILES string of the molecule is COc1cccc(-c2nc(C(=O)O)c3ccccn23)c1. The summed E-state index contributed by atoms with van der Waals surface area (Å²) < 4.78 is 6.95. The van der Waals surface area contributed by atoms with Gasteiger partial charge in [0.15, 0.2) is 5.69 Å². The Morgan fingerprint density at radius 3 is 2.85 bits per heavy atom. The van der Waals surface area contributed by atoms with Crippen LogP contribution < -0.4 is 4.74 Å². The minimum atomic E-state index is -1.04. The Bertz CT molecular complexity index is 793. The number of pyridine rings is 1. The Hall–Kier alpha value is -2.82. The molecule has 2 aromatic heterocycles. The molecule has 0 fully saturated rings. The van der Waals surface area contributed by atoms with Crippen LogP contribution in [0.4, 0.5) is 0 Å². The second-order valence-electron chi connectivity index (χ2n) is 4.28. The van der Waals surface area contributed by atoms with Crippen LogP contribution in [0, 0.1) is 0 Å². The minimum Gasteiger partial charge on any atom is -0.497 e. The number of fused-ring (bicyclic) bond motifs is 1. The highest BCUT2D eigenvalue weighted by atomic mass is 16.5. The molecule has 1 N–H and O–H groups in total. The molecular weight excluding hydrogens is 256 g/mol. The quantitative estimate of drug-likeness (QED) is 0.793. The van der Waals surface area contributed by atoms with Gasteiger partial charge in [-0.1, -0.05) is 18.2 Å². The molecule has 1 aromatic carbocycles. The van der Waals surface area contributed by atoms with Crippen molar-refractivity contribution in [3.63, 3.8) is 0 Å². The number of carbonyl (C=O) groups is 1. The van der Waals surface area contributed by atoms with Crippen molar-refractivity contribution in [2.75, 3.05) is 7.11 Å². The van der Waals surface area contributed by atoms with Gasteiger partial charge in [-0.05, 0) is 24.3 Å². The van der Waals surface area contributed by atoms with Crippen LogP contribution >= 0.6 is 0 Å². The van der Waals surface area contributed by atoms with E-state index in [9.17, 15) is 9.90 Å². The van der Waals surface area contributed by atoms with E-state index >= 15 is 0 Å². The smallest absolute Gasteiger partial charge is 0.356 e. The van der Waals surface area contributed by atoms with Gasteiger partial charge in [0.1, 0.15) is 11.6 Å². The van der Waals surface area contributed by atoms with Crippen LogP contribution in [-0.2, 0) is 0 Å². The zero-order chi connectivity index (χ0) is 14.1. The first-order valence-corrected chi connectivity index (χ1v) is 6.05. The van der Waals surface area contributed by atoms with Crippen molar-refractivity contribution >= 4 is 11.5 Å². The maximum Gasteiger partial charge on any atom is 0.356 e. The Morgan fingerprint density at radius 2 is 2.10 bits per heavy atom. The summed E-state index contributed by atoms with van der Waals surface area (Å²) in [4.78, 5) is 15.5. The van der Waals surface area contributed by atoms with Gasteiger partial charge >= 0.3 is 5.97 Å². The molecule has 5 nitrogen and oxygen atoms in total. The number of carboxylic acid groups (broad SMARTS) is 1. The summed E-state index contributed by atoms with van der Waals surface area (Å²) >= 11 is 0. The minimum absolute atomic E-state index is 0.0448. The lowest BCUT2D eigenvalue weighted by molar-refractivity contribution is 0.0693. The maximum atomic E-state index is 11.3. The van der Waals surface area contributed by atoms with E-state index in [4.69, 9.17) is 4.74 Å². The van der Waals surface area contributed by atoms with E-state index in [-0.39, 0.29) is 5.69 Å². The zero-order valence-electron chi connectivity index (χ0n) is 10.8. The molecule has 0 bridgehead atoms. The molecule has 0 amide bonds. The van der Waals surface area contributed by atoms with Crippen molar-refractivity contribution in [1.29, 1.82) is 0 Å². The molecule has 0 spiro atoms. The van der Waals surface area contributed by atoms with Gasteiger partial charge < -0.3 is 9.84 Å². The van der Waals surface area contributed by atoms with E-state index in [0.717, 1.165) is 5.56 Å². The third kappa shape index (κ3) is 1.89. The maximum absolute atomic E-state index is 11.3. The number of rotatable bonds is 3. The molecule has 0 atom stereocenters. The predicted octanol–water partition coefficient (Wildman–Crippen LogP) is 2.71. The van der Waals surface area contributed by atoms with Crippen LogP contribution in [0.2, 0.25) is 0 Å². The van der Waals surface area contributed by atoms with Crippen LogP contribution in [0.5, 0.6) is 5.75 Å². The lowest BCUT2D eigenvalue weighted by Gasteiger charge is -2.03. The van der Waals surface area contributed by atoms with E-state index in [1.165, 1.54) is 0 Å². The van der Waals surface area contributed by atoms with Crippen LogP contribution in [-0.4, -0.2) is 27.6 Å². The number of nitrogens with zero attached hydrogens (tertiary/aromatic N) is 2. The number of ether oxygens (including phenoxy) is 1. The number of benzene rings is 1. The van der Waals surface area contributed by atoms with E-state index in [2.05, 4.69) is 4.98 Å². The highest BCUT2D eigenvalue weighted by Gasteiger charge is 2.17. The summed E-state index contributed by atoms with van der Waals surface area (Å²) in [5, 5.41) is 9.24. The Morgan fingerprint density at radius 1 is 1.25 bits per heavy atom. The van der Waals surface area contributed by atoms with Crippen molar-refractivity contribution in [2.24, 2.45) is 0 Å². The molecule has 0 aliphatic rings. The number of hydrogen-bond donors (Lipinski definition) is 1. The summed E-state index contributed by atoms with van der Waals surface area (Å²) in [6.07, 6.45) is 1.80. The van der Waals surface area contributed by atoms with Gasteiger partial charge in [0, 0.05) is 11.8 Å². The lowest BCUT2D eigenvalue weighted by atomic mass is 10.2. The van der Waals surface area contributed by atoms with E-state index < -0.39 is 5.97 Å². The van der Waals surface area contributed by atoms with Gasteiger partial charge in [-0.25, -0.2) is 9.78 Å². The number of aromatic carboxylic acids is 1. The van der Waals surface area contributed by atoms with Crippen LogP contribution in [0.1, 0.15) is 10.5 Å². The highest BCUT2D eigenvalue weighted by Crippen LogP contribution is 2.25. The van der Waals surface area contributed by atoms with Crippen molar-refractivity contribution < 1.29 is 14.6 Å². The average molecular weight is 268 g/mol. The van der Waals surface area contributed by atoms with Crippen LogP contribution in [0.3, 0.4) is 0 Å². The number of aromatic nitrogens is 2. The number of imidazole rings is 1. The fraction of sp³-hybridized carbons (Fsp3) is 0.0667. The molecule has 0 aliphatic carbocycles. The van der Waals surface area contributed by atoms with E-state index in [1.807, 2.05) is 30.3 Å². The fourth-order valence-electron chi connectivity index (χ4n) is 2.16. The van der Waals surface area contributed by atoms with E-state index in [1.54, 1.807) is 29.8 Å². The fourth-order valence-corrected chi connectivity index (χ4v) is 2.16. The monoisotopic (exact) mass is 268 g/mol. The van der Waals surface area contributed by atoms with Crippen molar-refractivity contribution in [3.05, 3.63) is 54.4 Å². The summed E-state index contributed by atoms with van der Waals surface area (Å²) in [5.74, 6) is 0.242. The summed E-state index contributed by atoms with van der Waals surface area (Å²) in [6.45, 7) is 0. The second kappa shape index (κ2) is 4.70. The third-order valence-electron chi connectivity index (χ3n) is 3.08. The van der Waals surface area contributed by atoms with Crippen LogP contribution in [0.25, 0.3) is 16.9 Å². The molecule has 0 saturated carbocycles. The third-order valence-corrected chi connectivity index (χ3v) is 3.08. The largest absolute Gasteiger partial charge is 0.497 e. The van der Waals surface area contributed by atoms with E-state index in [0.29, 0.717) is 17.1 Å². The number of methoxy groups -OCH3 is 1. The molecule has 20 heavy (non-hydrogen) atoms. The summed E-state index contributed by atoms with van der Waals surface area (Å²) in [7, 11) is 1.59. The zero-order valence-corrected chi connectivity index (χ0v) is 10.8. The van der Waals surface area contributed by atoms with Crippen molar-refractivity contribution in [1.82, 2.24) is 9.38 Å². The summed E-state index contributed by atoms with van der Waals surface area (Å²) in [5.41, 5.74) is 1.42. The van der Waals surface area contributed by atoms with Crippen molar-refractivity contribution in [3.8, 4) is 17.1 Å². The first kappa shape index (κ1) is 12.2. The van der Waals surface area contributed by atoms with Crippen LogP contribution in [0.15, 0.2) is 48.7 Å². The van der Waals surface area contributed by atoms with Gasteiger partial charge in [-0.15, -0.1) is 0 Å². The molecule has 3 aromatic rings. The molecule has 3 rings (SSSR count). The Kier molecular flexibility index (Phi) is 2.87. The molecule has 5 heteroatoms. The van der Waals surface area contributed by atoms with Gasteiger partial charge in [0.05, 0.1) is 12.6 Å². The Labute approximate surface area is 115 Å². The molecule has 2 heterocycles. The first-order chi connectivity index (χ1) is 9.70. The number of hydrogen-bond acceptors (Lipinski definition) is 3. The van der Waals surface area contributed by atoms with Gasteiger partial charge in [-0.3, -0.25) is 4.40 Å². The summed E-state index contributed by atoms with van der Waals surface area (Å²) in [6, 6.07) is 12.7. The standard InChI is InChI=1S/C15H12N2O3/c1-20-11-6-4-5-10(9-11)14-16-13(15(18)19)12-7-2-3-8-17(12)14/h2-9H,1H3,(H,18,19). The van der Waals surface area contributed by atoms with Gasteiger partial charge in [0.2, 0.25) is 0 Å². The highest BCUT2D eigenvalue weighted by molar-refractivity contribution is 5.95. The first-order valence-electron chi connectivity index (χ1n) is 6.05. The topological polar surface area (TPSA) is 63.8 Å². The van der Waals surface area contributed by atoms with Gasteiger partial charge in [0.25, 0.3) is 0 Å². The second-order valence-corrected chi connectivity index (χ2v) is 4.28. The molecule has 0 radical (unpaired) electrons. The molecule has 0 aliphatic heterocycles. The predicted molar refractivity (Wildman–Crippen MR) is 74.1 cm³/mol. The van der Waals surface area contributed by atoms with Crippen molar-refractivity contribution in [2.45, 2.75) is 0 Å². The molecular formula is C15H12N2O3. The Balaban J connectivity index is 2.28. The molecule has 0 saturated heterocycles. The number of carboxylic acids is 1. The molecule has 0 unspecified atom stereocenters. The molecule has 100 valence electrons. The normalized spacial score (nSPS) is 10.7. The van der Waals surface area contributed by atoms with Gasteiger partial charge in [-0.2, -0.15) is 0 Å². The average Bonchev–Trinajstić information content (AvgIpc) is 2.87. The lowest BCUT2D eigenvalue weighted by Crippen LogP contribution is -1.97.